The zero-order chi connectivity index (χ0) is 14.5. The van der Waals surface area contributed by atoms with Crippen molar-refractivity contribution < 1.29 is 19.0 Å². The summed E-state index contributed by atoms with van der Waals surface area (Å²) in [6.45, 7) is 1.16. The van der Waals surface area contributed by atoms with E-state index in [4.69, 9.17) is 19.9 Å². The molecule has 0 spiro atoms. The lowest BCUT2D eigenvalue weighted by atomic mass is 10.0. The Hall–Kier alpha value is -1.75. The molecule has 5 nitrogen and oxygen atoms in total. The quantitative estimate of drug-likeness (QED) is 0.740. The van der Waals surface area contributed by atoms with Crippen LogP contribution >= 0.6 is 0 Å². The molecule has 2 rings (SSSR count). The van der Waals surface area contributed by atoms with E-state index in [1.807, 2.05) is 6.07 Å². The summed E-state index contributed by atoms with van der Waals surface area (Å²) in [4.78, 5) is 11.6. The van der Waals surface area contributed by atoms with Crippen molar-refractivity contribution in [2.75, 3.05) is 27.4 Å². The Balaban J connectivity index is 2.21. The van der Waals surface area contributed by atoms with Crippen LogP contribution in [0.25, 0.3) is 0 Å². The molecular weight excluding hydrogens is 258 g/mol. The molecule has 20 heavy (non-hydrogen) atoms. The highest BCUT2D eigenvalue weighted by Crippen LogP contribution is 2.47. The van der Waals surface area contributed by atoms with Crippen molar-refractivity contribution in [3.05, 3.63) is 23.3 Å². The molecule has 0 heterocycles. The zero-order valence-corrected chi connectivity index (χ0v) is 12.0. The summed E-state index contributed by atoms with van der Waals surface area (Å²) in [5.74, 6) is 1.24. The Morgan fingerprint density at radius 1 is 1.30 bits per heavy atom. The van der Waals surface area contributed by atoms with Gasteiger partial charge in [0.25, 0.3) is 0 Å². The lowest BCUT2D eigenvalue weighted by molar-refractivity contribution is 0.0998. The van der Waals surface area contributed by atoms with Crippen LogP contribution in [0.4, 0.5) is 0 Å². The smallest absolute Gasteiger partial charge is 0.249 e. The normalized spacial score (nSPS) is 14.1. The molecule has 1 aromatic rings. The minimum atomic E-state index is -0.437. The molecule has 0 bridgehead atoms. The van der Waals surface area contributed by atoms with Crippen LogP contribution in [0.2, 0.25) is 0 Å². The summed E-state index contributed by atoms with van der Waals surface area (Å²) in [6, 6.07) is 3.54. The Morgan fingerprint density at radius 3 is 2.60 bits per heavy atom. The van der Waals surface area contributed by atoms with Gasteiger partial charge in [-0.1, -0.05) is 0 Å². The lowest BCUT2D eigenvalue weighted by Gasteiger charge is -2.15. The van der Waals surface area contributed by atoms with Crippen LogP contribution in [0.3, 0.4) is 0 Å². The Labute approximate surface area is 119 Å². The van der Waals surface area contributed by atoms with E-state index in [2.05, 4.69) is 0 Å². The van der Waals surface area contributed by atoms with Gasteiger partial charge in [-0.15, -0.1) is 0 Å². The van der Waals surface area contributed by atoms with Gasteiger partial charge in [0.2, 0.25) is 5.91 Å². The summed E-state index contributed by atoms with van der Waals surface area (Å²) >= 11 is 0. The first-order chi connectivity index (χ1) is 9.67. The molecule has 2 N–H and O–H groups in total. The van der Waals surface area contributed by atoms with E-state index < -0.39 is 5.91 Å². The highest BCUT2D eigenvalue weighted by molar-refractivity contribution is 5.96. The van der Waals surface area contributed by atoms with Gasteiger partial charge in [-0.05, 0) is 24.8 Å². The predicted molar refractivity (Wildman–Crippen MR) is 75.5 cm³/mol. The molecule has 0 radical (unpaired) electrons. The second-order valence-electron chi connectivity index (χ2n) is 4.92. The number of hydrogen-bond donors (Lipinski definition) is 1. The molecule has 1 aromatic carbocycles. The van der Waals surface area contributed by atoms with Crippen LogP contribution in [0.5, 0.6) is 11.5 Å². The zero-order valence-electron chi connectivity index (χ0n) is 12.0. The Kier molecular flexibility index (Phi) is 4.84. The molecule has 0 saturated heterocycles. The average molecular weight is 279 g/mol. The number of carbonyl (C=O) groups is 1. The number of benzene rings is 1. The largest absolute Gasteiger partial charge is 0.496 e. The number of rotatable bonds is 8. The molecule has 1 aliphatic carbocycles. The Morgan fingerprint density at radius 2 is 2.05 bits per heavy atom. The fraction of sp³-hybridized carbons (Fsp3) is 0.533. The number of ether oxygens (including phenoxy) is 3. The van der Waals surface area contributed by atoms with Gasteiger partial charge < -0.3 is 19.9 Å². The summed E-state index contributed by atoms with van der Waals surface area (Å²) in [6.07, 6.45) is 2.93. The maximum Gasteiger partial charge on any atom is 0.249 e. The summed E-state index contributed by atoms with van der Waals surface area (Å²) in [5.41, 5.74) is 6.91. The fourth-order valence-corrected chi connectivity index (χ4v) is 2.24. The van der Waals surface area contributed by atoms with E-state index in [0.29, 0.717) is 36.2 Å². The third-order valence-electron chi connectivity index (χ3n) is 3.35. The second kappa shape index (κ2) is 6.61. The van der Waals surface area contributed by atoms with Crippen LogP contribution < -0.4 is 15.2 Å². The van der Waals surface area contributed by atoms with E-state index in [-0.39, 0.29) is 0 Å². The van der Waals surface area contributed by atoms with Gasteiger partial charge in [-0.25, -0.2) is 0 Å². The molecule has 0 aliphatic heterocycles. The van der Waals surface area contributed by atoms with Crippen LogP contribution in [-0.4, -0.2) is 33.3 Å². The number of hydrogen-bond acceptors (Lipinski definition) is 4. The van der Waals surface area contributed by atoms with E-state index in [1.165, 1.54) is 0 Å². The van der Waals surface area contributed by atoms with Gasteiger partial charge in [0.1, 0.15) is 11.5 Å². The molecule has 1 saturated carbocycles. The van der Waals surface area contributed by atoms with Crippen molar-refractivity contribution >= 4 is 5.91 Å². The standard InChI is InChI=1S/C15H21NO4/c1-18-6-3-7-20-11-8-12(15(16)17)14(10-4-5-10)13(9-11)19-2/h8-10H,3-7H2,1-2H3,(H2,16,17). The minimum absolute atomic E-state index is 0.384. The third kappa shape index (κ3) is 3.42. The van der Waals surface area contributed by atoms with Crippen molar-refractivity contribution in [1.82, 2.24) is 0 Å². The molecular formula is C15H21NO4. The highest BCUT2D eigenvalue weighted by Gasteiger charge is 2.31. The molecule has 0 aromatic heterocycles. The van der Waals surface area contributed by atoms with Crippen LogP contribution in [-0.2, 0) is 4.74 Å². The highest BCUT2D eigenvalue weighted by atomic mass is 16.5. The first-order valence-electron chi connectivity index (χ1n) is 6.80. The van der Waals surface area contributed by atoms with E-state index in [9.17, 15) is 4.79 Å². The topological polar surface area (TPSA) is 70.8 Å². The Bertz CT molecular complexity index is 483. The number of primary amides is 1. The van der Waals surface area contributed by atoms with E-state index in [1.54, 1.807) is 20.3 Å². The van der Waals surface area contributed by atoms with Gasteiger partial charge >= 0.3 is 0 Å². The first kappa shape index (κ1) is 14.7. The fourth-order valence-electron chi connectivity index (χ4n) is 2.24. The number of amides is 1. The van der Waals surface area contributed by atoms with Crippen molar-refractivity contribution in [3.63, 3.8) is 0 Å². The van der Waals surface area contributed by atoms with Gasteiger partial charge in [0.05, 0.1) is 13.7 Å². The monoisotopic (exact) mass is 279 g/mol. The molecule has 0 atom stereocenters. The SMILES string of the molecule is COCCCOc1cc(OC)c(C2CC2)c(C(N)=O)c1. The first-order valence-corrected chi connectivity index (χ1v) is 6.80. The summed E-state index contributed by atoms with van der Waals surface area (Å²) in [5, 5.41) is 0. The maximum absolute atomic E-state index is 11.6. The van der Waals surface area contributed by atoms with Crippen LogP contribution in [0.15, 0.2) is 12.1 Å². The average Bonchev–Trinajstić information content (AvgIpc) is 3.26. The lowest BCUT2D eigenvalue weighted by Crippen LogP contribution is -2.15. The van der Waals surface area contributed by atoms with E-state index in [0.717, 1.165) is 24.8 Å². The summed E-state index contributed by atoms with van der Waals surface area (Å²) < 4.78 is 16.0. The third-order valence-corrected chi connectivity index (χ3v) is 3.35. The second-order valence-corrected chi connectivity index (χ2v) is 4.92. The molecule has 5 heteroatoms. The minimum Gasteiger partial charge on any atom is -0.496 e. The molecule has 1 aliphatic rings. The van der Waals surface area contributed by atoms with Crippen LogP contribution in [0.1, 0.15) is 41.1 Å². The predicted octanol–water partition coefficient (Wildman–Crippen LogP) is 2.09. The van der Waals surface area contributed by atoms with E-state index >= 15 is 0 Å². The van der Waals surface area contributed by atoms with Gasteiger partial charge in [-0.3, -0.25) is 4.79 Å². The summed E-state index contributed by atoms with van der Waals surface area (Å²) in [7, 11) is 3.25. The number of nitrogens with two attached hydrogens (primary N) is 1. The van der Waals surface area contributed by atoms with Crippen molar-refractivity contribution in [3.8, 4) is 11.5 Å². The van der Waals surface area contributed by atoms with Crippen molar-refractivity contribution in [1.29, 1.82) is 0 Å². The number of carbonyl (C=O) groups excluding carboxylic acids is 1. The van der Waals surface area contributed by atoms with Crippen molar-refractivity contribution in [2.45, 2.75) is 25.2 Å². The van der Waals surface area contributed by atoms with Gasteiger partial charge in [-0.2, -0.15) is 0 Å². The van der Waals surface area contributed by atoms with Crippen molar-refractivity contribution in [2.24, 2.45) is 5.73 Å². The molecule has 0 unspecified atom stereocenters. The van der Waals surface area contributed by atoms with Crippen LogP contribution in [0, 0.1) is 0 Å². The molecule has 1 amide bonds. The maximum atomic E-state index is 11.6. The van der Waals surface area contributed by atoms with Gasteiger partial charge in [0.15, 0.2) is 0 Å². The number of methoxy groups -OCH3 is 2. The molecule has 110 valence electrons. The van der Waals surface area contributed by atoms with Gasteiger partial charge in [0, 0.05) is 37.3 Å². The molecule has 1 fully saturated rings.